The highest BCUT2D eigenvalue weighted by molar-refractivity contribution is 5.84. The van der Waals surface area contributed by atoms with Gasteiger partial charge in [-0.3, -0.25) is 4.90 Å². The maximum absolute atomic E-state index is 5.60. The molecule has 1 N–H and O–H groups in total. The van der Waals surface area contributed by atoms with Gasteiger partial charge >= 0.3 is 0 Å². The summed E-state index contributed by atoms with van der Waals surface area (Å²) in [6.07, 6.45) is 0. The number of fused-ring (bicyclic) bond motifs is 1. The van der Waals surface area contributed by atoms with Crippen LogP contribution in [0.5, 0.6) is 5.75 Å². The third kappa shape index (κ3) is 3.18. The lowest BCUT2D eigenvalue weighted by Gasteiger charge is -2.30. The summed E-state index contributed by atoms with van der Waals surface area (Å²) in [5.41, 5.74) is 1.16. The minimum Gasteiger partial charge on any atom is -0.497 e. The van der Waals surface area contributed by atoms with Gasteiger partial charge in [0, 0.05) is 19.6 Å². The number of nitrogens with zero attached hydrogens (tertiary/aromatic N) is 3. The van der Waals surface area contributed by atoms with Crippen molar-refractivity contribution in [3.05, 3.63) is 53.7 Å². The van der Waals surface area contributed by atoms with Gasteiger partial charge in [0.25, 0.3) is 0 Å². The van der Waals surface area contributed by atoms with Crippen molar-refractivity contribution in [1.29, 1.82) is 0 Å². The molecule has 3 aromatic rings. The molecule has 136 valence electrons. The average molecular weight is 352 g/mol. The fourth-order valence-electron chi connectivity index (χ4n) is 3.43. The molecule has 0 saturated carbocycles. The van der Waals surface area contributed by atoms with E-state index < -0.39 is 0 Å². The summed E-state index contributed by atoms with van der Waals surface area (Å²) in [7, 11) is 3.78. The Hall–Kier alpha value is -2.44. The van der Waals surface area contributed by atoms with Crippen LogP contribution >= 0.6 is 0 Å². The summed E-state index contributed by atoms with van der Waals surface area (Å²) in [5, 5.41) is 9.95. The highest BCUT2D eigenvalue weighted by atomic mass is 16.5. The molecule has 0 radical (unpaired) electrons. The van der Waals surface area contributed by atoms with Crippen LogP contribution in [-0.4, -0.2) is 48.8 Å². The first-order valence-electron chi connectivity index (χ1n) is 8.98. The topological polar surface area (TPSA) is 63.4 Å². The Kier molecular flexibility index (Phi) is 4.61. The molecule has 2 aromatic carbocycles. The van der Waals surface area contributed by atoms with Gasteiger partial charge in [-0.25, -0.2) is 0 Å². The van der Waals surface area contributed by atoms with Crippen LogP contribution in [0, 0.1) is 0 Å². The van der Waals surface area contributed by atoms with E-state index in [-0.39, 0.29) is 12.0 Å². The summed E-state index contributed by atoms with van der Waals surface area (Å²) in [5.74, 6) is 2.33. The van der Waals surface area contributed by atoms with Gasteiger partial charge in [0.05, 0.1) is 19.1 Å². The first-order chi connectivity index (χ1) is 12.7. The van der Waals surface area contributed by atoms with E-state index in [0.717, 1.165) is 42.2 Å². The van der Waals surface area contributed by atoms with Crippen molar-refractivity contribution in [2.24, 2.45) is 0 Å². The molecule has 1 aromatic heterocycles. The second-order valence-corrected chi connectivity index (χ2v) is 6.89. The molecule has 0 spiro atoms. The summed E-state index contributed by atoms with van der Waals surface area (Å²) in [6, 6.07) is 12.7. The van der Waals surface area contributed by atoms with Crippen molar-refractivity contribution < 1.29 is 9.26 Å². The molecule has 2 unspecified atom stereocenters. The molecule has 4 rings (SSSR count). The number of benzene rings is 2. The van der Waals surface area contributed by atoms with E-state index in [1.807, 2.05) is 12.1 Å². The Balaban J connectivity index is 1.59. The second-order valence-electron chi connectivity index (χ2n) is 6.89. The minimum absolute atomic E-state index is 0.0459. The molecule has 0 aliphatic carbocycles. The Labute approximate surface area is 153 Å². The smallest absolute Gasteiger partial charge is 0.233 e. The van der Waals surface area contributed by atoms with E-state index in [0.29, 0.717) is 5.89 Å². The van der Waals surface area contributed by atoms with Crippen molar-refractivity contribution >= 4 is 10.8 Å². The van der Waals surface area contributed by atoms with E-state index >= 15 is 0 Å². The zero-order valence-electron chi connectivity index (χ0n) is 15.4. The van der Waals surface area contributed by atoms with Gasteiger partial charge in [-0.2, -0.15) is 4.98 Å². The van der Waals surface area contributed by atoms with Crippen LogP contribution in [0.15, 0.2) is 40.9 Å². The number of aromatic nitrogens is 2. The third-order valence-corrected chi connectivity index (χ3v) is 5.21. The van der Waals surface area contributed by atoms with E-state index in [9.17, 15) is 0 Å². The molecule has 26 heavy (non-hydrogen) atoms. The van der Waals surface area contributed by atoms with Crippen molar-refractivity contribution in [1.82, 2.24) is 20.4 Å². The number of piperazine rings is 1. The van der Waals surface area contributed by atoms with Crippen LogP contribution < -0.4 is 10.1 Å². The molecular weight excluding hydrogens is 328 g/mol. The molecule has 1 fully saturated rings. The Morgan fingerprint density at radius 1 is 1.23 bits per heavy atom. The third-order valence-electron chi connectivity index (χ3n) is 5.21. The fraction of sp³-hybridized carbons (Fsp3) is 0.400. The number of likely N-dealkylation sites (N-methyl/N-ethyl adjacent to an activating group) is 1. The molecule has 1 aliphatic heterocycles. The monoisotopic (exact) mass is 352 g/mol. The zero-order valence-corrected chi connectivity index (χ0v) is 15.4. The van der Waals surface area contributed by atoms with Crippen LogP contribution in [0.3, 0.4) is 0 Å². The molecule has 2 heterocycles. The van der Waals surface area contributed by atoms with E-state index in [1.165, 1.54) is 5.39 Å². The van der Waals surface area contributed by atoms with Gasteiger partial charge in [-0.1, -0.05) is 29.4 Å². The van der Waals surface area contributed by atoms with Gasteiger partial charge in [0.1, 0.15) is 5.75 Å². The summed E-state index contributed by atoms with van der Waals surface area (Å²) < 4.78 is 10.9. The summed E-state index contributed by atoms with van der Waals surface area (Å²) >= 11 is 0. The molecule has 6 nitrogen and oxygen atoms in total. The van der Waals surface area contributed by atoms with Gasteiger partial charge < -0.3 is 14.6 Å². The average Bonchev–Trinajstić information content (AvgIpc) is 3.16. The quantitative estimate of drug-likeness (QED) is 0.779. The lowest BCUT2D eigenvalue weighted by atomic mass is 9.97. The molecule has 1 aliphatic rings. The highest BCUT2D eigenvalue weighted by Gasteiger charge is 2.26. The van der Waals surface area contributed by atoms with Crippen molar-refractivity contribution in [2.75, 3.05) is 33.8 Å². The number of methoxy groups -OCH3 is 1. The van der Waals surface area contributed by atoms with Crippen molar-refractivity contribution in [3.63, 3.8) is 0 Å². The van der Waals surface area contributed by atoms with E-state index in [2.05, 4.69) is 58.6 Å². The van der Waals surface area contributed by atoms with Crippen LogP contribution in [-0.2, 0) is 0 Å². The van der Waals surface area contributed by atoms with Gasteiger partial charge in [-0.15, -0.1) is 0 Å². The SMILES string of the molecule is COc1ccc2cc(C(C)c3nc(C4CNCCN4C)no3)ccc2c1. The Morgan fingerprint density at radius 3 is 2.85 bits per heavy atom. The summed E-state index contributed by atoms with van der Waals surface area (Å²) in [6.45, 7) is 4.93. The van der Waals surface area contributed by atoms with Crippen molar-refractivity contribution in [3.8, 4) is 5.75 Å². The van der Waals surface area contributed by atoms with E-state index in [4.69, 9.17) is 9.26 Å². The summed E-state index contributed by atoms with van der Waals surface area (Å²) in [4.78, 5) is 6.95. The van der Waals surface area contributed by atoms with Crippen LogP contribution in [0.2, 0.25) is 0 Å². The number of ether oxygens (including phenoxy) is 1. The minimum atomic E-state index is 0.0459. The predicted molar refractivity (Wildman–Crippen MR) is 101 cm³/mol. The Bertz CT molecular complexity index is 908. The van der Waals surface area contributed by atoms with Crippen LogP contribution in [0.1, 0.15) is 36.2 Å². The maximum Gasteiger partial charge on any atom is 0.233 e. The zero-order chi connectivity index (χ0) is 18.1. The van der Waals surface area contributed by atoms with Gasteiger partial charge in [0.15, 0.2) is 5.82 Å². The molecule has 6 heteroatoms. The van der Waals surface area contributed by atoms with Crippen LogP contribution in [0.25, 0.3) is 10.8 Å². The maximum atomic E-state index is 5.60. The second kappa shape index (κ2) is 7.05. The molecule has 0 amide bonds. The van der Waals surface area contributed by atoms with Gasteiger partial charge in [0.2, 0.25) is 5.89 Å². The molecule has 0 bridgehead atoms. The number of rotatable bonds is 4. The van der Waals surface area contributed by atoms with E-state index in [1.54, 1.807) is 7.11 Å². The normalized spacial score (nSPS) is 19.6. The van der Waals surface area contributed by atoms with Gasteiger partial charge in [-0.05, 0) is 42.4 Å². The lowest BCUT2D eigenvalue weighted by molar-refractivity contribution is 0.190. The largest absolute Gasteiger partial charge is 0.497 e. The number of hydrogen-bond acceptors (Lipinski definition) is 6. The number of hydrogen-bond donors (Lipinski definition) is 1. The first kappa shape index (κ1) is 17.0. The standard InChI is InChI=1S/C20H24N4O2/c1-13(14-4-5-16-11-17(25-3)7-6-15(16)10-14)20-22-19(23-26-20)18-12-21-8-9-24(18)2/h4-7,10-11,13,18,21H,8-9,12H2,1-3H3. The first-order valence-corrected chi connectivity index (χ1v) is 8.98. The predicted octanol–water partition coefficient (Wildman–Crippen LogP) is 2.96. The number of nitrogens with one attached hydrogen (secondary N) is 1. The lowest BCUT2D eigenvalue weighted by Crippen LogP contribution is -2.44. The van der Waals surface area contributed by atoms with Crippen LogP contribution in [0.4, 0.5) is 0 Å². The Morgan fingerprint density at radius 2 is 2.04 bits per heavy atom. The molecular formula is C20H24N4O2. The molecule has 2 atom stereocenters. The fourth-order valence-corrected chi connectivity index (χ4v) is 3.43. The highest BCUT2D eigenvalue weighted by Crippen LogP contribution is 2.29. The van der Waals surface area contributed by atoms with Crippen molar-refractivity contribution in [2.45, 2.75) is 18.9 Å². The molecule has 1 saturated heterocycles.